The molecule has 98 valence electrons. The van der Waals surface area contributed by atoms with E-state index in [4.69, 9.17) is 0 Å². The van der Waals surface area contributed by atoms with Crippen molar-refractivity contribution in [2.45, 2.75) is 13.3 Å². The first-order valence-electron chi connectivity index (χ1n) is 5.86. The van der Waals surface area contributed by atoms with Gasteiger partial charge in [0.1, 0.15) is 5.82 Å². The molecule has 7 heteroatoms. The van der Waals surface area contributed by atoms with Crippen molar-refractivity contribution in [3.8, 4) is 0 Å². The monoisotopic (exact) mass is 258 g/mol. The highest BCUT2D eigenvalue weighted by Gasteiger charge is 2.10. The molecule has 0 aliphatic carbocycles. The lowest BCUT2D eigenvalue weighted by atomic mass is 10.2. The zero-order chi connectivity index (χ0) is 13.7. The van der Waals surface area contributed by atoms with Crippen LogP contribution >= 0.6 is 0 Å². The van der Waals surface area contributed by atoms with Crippen LogP contribution in [-0.2, 0) is 6.42 Å². The van der Waals surface area contributed by atoms with Crippen LogP contribution in [0.5, 0.6) is 0 Å². The molecule has 0 aliphatic heterocycles. The summed E-state index contributed by atoms with van der Waals surface area (Å²) >= 11 is 0. The average Bonchev–Trinajstić information content (AvgIpc) is 2.47. The summed E-state index contributed by atoms with van der Waals surface area (Å²) in [5.41, 5.74) is 1.34. The van der Waals surface area contributed by atoms with Gasteiger partial charge in [0.05, 0.1) is 12.4 Å². The lowest BCUT2D eigenvalue weighted by Crippen LogP contribution is -2.15. The SMILES string of the molecule is CCc1cc(C(=O)Nc2nccnn2)cc(NC)n1. The van der Waals surface area contributed by atoms with E-state index in [2.05, 4.69) is 30.8 Å². The van der Waals surface area contributed by atoms with Crippen LogP contribution < -0.4 is 10.6 Å². The van der Waals surface area contributed by atoms with E-state index in [0.717, 1.165) is 12.1 Å². The highest BCUT2D eigenvalue weighted by atomic mass is 16.1. The number of aromatic nitrogens is 4. The minimum absolute atomic E-state index is 0.174. The summed E-state index contributed by atoms with van der Waals surface area (Å²) in [4.78, 5) is 20.3. The van der Waals surface area contributed by atoms with Crippen molar-refractivity contribution >= 4 is 17.7 Å². The van der Waals surface area contributed by atoms with Gasteiger partial charge in [0.2, 0.25) is 5.95 Å². The number of amides is 1. The van der Waals surface area contributed by atoms with E-state index < -0.39 is 0 Å². The maximum atomic E-state index is 12.1. The quantitative estimate of drug-likeness (QED) is 0.853. The van der Waals surface area contributed by atoms with Crippen molar-refractivity contribution in [3.05, 3.63) is 35.8 Å². The molecule has 2 aromatic rings. The predicted molar refractivity (Wildman–Crippen MR) is 70.9 cm³/mol. The molecule has 0 saturated heterocycles. The number of carbonyl (C=O) groups excluding carboxylic acids is 1. The smallest absolute Gasteiger partial charge is 0.258 e. The molecule has 0 unspecified atom stereocenters. The molecule has 1 amide bonds. The van der Waals surface area contributed by atoms with E-state index in [-0.39, 0.29) is 11.9 Å². The highest BCUT2D eigenvalue weighted by Crippen LogP contribution is 2.12. The summed E-state index contributed by atoms with van der Waals surface area (Å²) in [6.07, 6.45) is 3.65. The number of rotatable bonds is 4. The van der Waals surface area contributed by atoms with Crippen LogP contribution in [0.2, 0.25) is 0 Å². The van der Waals surface area contributed by atoms with Crippen LogP contribution in [0.3, 0.4) is 0 Å². The van der Waals surface area contributed by atoms with Crippen LogP contribution in [0.1, 0.15) is 23.0 Å². The number of aryl methyl sites for hydroxylation is 1. The van der Waals surface area contributed by atoms with Gasteiger partial charge in [-0.1, -0.05) is 6.92 Å². The molecular weight excluding hydrogens is 244 g/mol. The number of nitrogens with zero attached hydrogens (tertiary/aromatic N) is 4. The number of hydrogen-bond acceptors (Lipinski definition) is 6. The van der Waals surface area contributed by atoms with E-state index in [1.54, 1.807) is 19.2 Å². The number of nitrogens with one attached hydrogen (secondary N) is 2. The van der Waals surface area contributed by atoms with Crippen molar-refractivity contribution in [2.75, 3.05) is 17.7 Å². The molecule has 2 heterocycles. The lowest BCUT2D eigenvalue weighted by Gasteiger charge is -2.07. The largest absolute Gasteiger partial charge is 0.373 e. The Balaban J connectivity index is 2.23. The van der Waals surface area contributed by atoms with Crippen LogP contribution in [0, 0.1) is 0 Å². The third kappa shape index (κ3) is 3.21. The van der Waals surface area contributed by atoms with E-state index in [1.807, 2.05) is 6.92 Å². The van der Waals surface area contributed by atoms with E-state index >= 15 is 0 Å². The minimum Gasteiger partial charge on any atom is -0.373 e. The summed E-state index contributed by atoms with van der Waals surface area (Å²) in [7, 11) is 1.76. The summed E-state index contributed by atoms with van der Waals surface area (Å²) in [5.74, 6) is 0.534. The molecule has 2 rings (SSSR count). The molecule has 0 aromatic carbocycles. The lowest BCUT2D eigenvalue weighted by molar-refractivity contribution is 0.102. The van der Waals surface area contributed by atoms with Gasteiger partial charge in [0.15, 0.2) is 0 Å². The molecule has 0 spiro atoms. The Hall–Kier alpha value is -2.57. The molecule has 19 heavy (non-hydrogen) atoms. The molecule has 0 bridgehead atoms. The Kier molecular flexibility index (Phi) is 3.97. The van der Waals surface area contributed by atoms with Gasteiger partial charge >= 0.3 is 0 Å². The Morgan fingerprint density at radius 3 is 2.79 bits per heavy atom. The van der Waals surface area contributed by atoms with Crippen molar-refractivity contribution in [1.82, 2.24) is 20.2 Å². The first-order chi connectivity index (χ1) is 9.22. The molecule has 2 aromatic heterocycles. The first kappa shape index (κ1) is 12.9. The summed E-state index contributed by atoms with van der Waals surface area (Å²) in [6.45, 7) is 1.98. The summed E-state index contributed by atoms with van der Waals surface area (Å²) in [5, 5.41) is 12.9. The Labute approximate surface area is 110 Å². The topological polar surface area (TPSA) is 92.7 Å². The van der Waals surface area contributed by atoms with Gasteiger partial charge in [0, 0.05) is 18.3 Å². The van der Waals surface area contributed by atoms with Crippen molar-refractivity contribution in [2.24, 2.45) is 0 Å². The maximum absolute atomic E-state index is 12.1. The van der Waals surface area contributed by atoms with Crippen molar-refractivity contribution in [3.63, 3.8) is 0 Å². The van der Waals surface area contributed by atoms with Gasteiger partial charge in [0.25, 0.3) is 5.91 Å². The molecular formula is C12H14N6O. The van der Waals surface area contributed by atoms with Gasteiger partial charge in [-0.15, -0.1) is 5.10 Å². The number of hydrogen-bond donors (Lipinski definition) is 2. The maximum Gasteiger partial charge on any atom is 0.258 e. The zero-order valence-electron chi connectivity index (χ0n) is 10.7. The van der Waals surface area contributed by atoms with Gasteiger partial charge in [-0.2, -0.15) is 5.10 Å². The third-order valence-electron chi connectivity index (χ3n) is 2.47. The van der Waals surface area contributed by atoms with Crippen LogP contribution in [-0.4, -0.2) is 33.1 Å². The second kappa shape index (κ2) is 5.85. The van der Waals surface area contributed by atoms with E-state index in [9.17, 15) is 4.79 Å². The van der Waals surface area contributed by atoms with Crippen LogP contribution in [0.15, 0.2) is 24.5 Å². The Morgan fingerprint density at radius 1 is 1.32 bits per heavy atom. The second-order valence-electron chi connectivity index (χ2n) is 3.76. The first-order valence-corrected chi connectivity index (χ1v) is 5.86. The Morgan fingerprint density at radius 2 is 2.16 bits per heavy atom. The van der Waals surface area contributed by atoms with Gasteiger partial charge < -0.3 is 5.32 Å². The second-order valence-corrected chi connectivity index (χ2v) is 3.76. The fraction of sp³-hybridized carbons (Fsp3) is 0.250. The molecule has 0 radical (unpaired) electrons. The van der Waals surface area contributed by atoms with E-state index in [0.29, 0.717) is 11.4 Å². The van der Waals surface area contributed by atoms with Crippen LogP contribution in [0.4, 0.5) is 11.8 Å². The van der Waals surface area contributed by atoms with Crippen LogP contribution in [0.25, 0.3) is 0 Å². The van der Waals surface area contributed by atoms with Crippen molar-refractivity contribution < 1.29 is 4.79 Å². The van der Waals surface area contributed by atoms with Gasteiger partial charge in [-0.25, -0.2) is 9.97 Å². The molecule has 0 fully saturated rings. The predicted octanol–water partition coefficient (Wildman–Crippen LogP) is 1.12. The molecule has 0 aliphatic rings. The number of anilines is 2. The fourth-order valence-corrected chi connectivity index (χ4v) is 1.51. The molecule has 7 nitrogen and oxygen atoms in total. The third-order valence-corrected chi connectivity index (χ3v) is 2.47. The summed E-state index contributed by atoms with van der Waals surface area (Å²) < 4.78 is 0. The average molecular weight is 258 g/mol. The molecule has 2 N–H and O–H groups in total. The minimum atomic E-state index is -0.290. The normalized spacial score (nSPS) is 10.0. The highest BCUT2D eigenvalue weighted by molar-refractivity contribution is 6.03. The standard InChI is InChI=1S/C12H14N6O/c1-3-9-6-8(7-10(13-2)16-9)11(19)17-12-14-4-5-15-18-12/h4-7H,3H2,1-2H3,(H,13,16)(H,14,17,18,19). The van der Waals surface area contributed by atoms with Crippen molar-refractivity contribution in [1.29, 1.82) is 0 Å². The Bertz CT molecular complexity index is 549. The molecule has 0 atom stereocenters. The fourth-order valence-electron chi connectivity index (χ4n) is 1.51. The van der Waals surface area contributed by atoms with E-state index in [1.165, 1.54) is 12.4 Å². The number of pyridine rings is 1. The molecule has 0 saturated carbocycles. The van der Waals surface area contributed by atoms with Gasteiger partial charge in [-0.3, -0.25) is 10.1 Å². The van der Waals surface area contributed by atoms with Gasteiger partial charge in [-0.05, 0) is 18.6 Å². The summed E-state index contributed by atoms with van der Waals surface area (Å²) in [6, 6.07) is 3.41. The number of carbonyl (C=O) groups is 1. The zero-order valence-corrected chi connectivity index (χ0v) is 10.7.